The number of aliphatic imine (C=N–C) groups is 1. The highest BCUT2D eigenvalue weighted by molar-refractivity contribution is 5.79. The number of hydrogen-bond acceptors (Lipinski definition) is 3. The van der Waals surface area contributed by atoms with Crippen molar-refractivity contribution < 1.29 is 9.47 Å². The highest BCUT2D eigenvalue weighted by atomic mass is 16.5. The molecule has 0 amide bonds. The standard InChI is InChI=1S/C20H33N3O2/c1-17-7-4-5-8-19(17)25-14-6-12-22-20(21-2)23(3)13-9-18-10-15-24-16-11-18/h4-5,7-8,18H,6,9-16H2,1-3H3,(H,21,22). The van der Waals surface area contributed by atoms with Gasteiger partial charge in [0.15, 0.2) is 5.96 Å². The fourth-order valence-electron chi connectivity index (χ4n) is 3.07. The lowest BCUT2D eigenvalue weighted by Gasteiger charge is -2.26. The van der Waals surface area contributed by atoms with Gasteiger partial charge in [0.1, 0.15) is 5.75 Å². The van der Waals surface area contributed by atoms with Crippen molar-refractivity contribution >= 4 is 5.96 Å². The number of nitrogens with zero attached hydrogens (tertiary/aromatic N) is 2. The van der Waals surface area contributed by atoms with E-state index in [2.05, 4.69) is 35.2 Å². The number of aryl methyl sites for hydroxylation is 1. The Labute approximate surface area is 152 Å². The zero-order valence-corrected chi connectivity index (χ0v) is 16.0. The Morgan fingerprint density at radius 3 is 2.80 bits per heavy atom. The predicted octanol–water partition coefficient (Wildman–Crippen LogP) is 3.09. The van der Waals surface area contributed by atoms with Gasteiger partial charge in [-0.25, -0.2) is 0 Å². The Kier molecular flexibility index (Phi) is 8.60. The summed E-state index contributed by atoms with van der Waals surface area (Å²) in [6, 6.07) is 8.13. The molecule has 1 aliphatic heterocycles. The summed E-state index contributed by atoms with van der Waals surface area (Å²) in [6.45, 7) is 6.51. The second kappa shape index (κ2) is 11.0. The Bertz CT molecular complexity index is 527. The first-order valence-electron chi connectivity index (χ1n) is 9.38. The van der Waals surface area contributed by atoms with Crippen molar-refractivity contribution in [2.24, 2.45) is 10.9 Å². The van der Waals surface area contributed by atoms with Crippen molar-refractivity contribution in [2.75, 3.05) is 47.0 Å². The predicted molar refractivity (Wildman–Crippen MR) is 103 cm³/mol. The SMILES string of the molecule is CN=C(NCCCOc1ccccc1C)N(C)CCC1CCOCC1. The molecule has 1 saturated heterocycles. The van der Waals surface area contributed by atoms with Gasteiger partial charge < -0.3 is 19.7 Å². The summed E-state index contributed by atoms with van der Waals surface area (Å²) in [5, 5.41) is 3.43. The van der Waals surface area contributed by atoms with Gasteiger partial charge >= 0.3 is 0 Å². The summed E-state index contributed by atoms with van der Waals surface area (Å²) in [5.74, 6) is 2.72. The zero-order chi connectivity index (χ0) is 17.9. The van der Waals surface area contributed by atoms with E-state index < -0.39 is 0 Å². The van der Waals surface area contributed by atoms with Gasteiger partial charge in [0.05, 0.1) is 6.61 Å². The van der Waals surface area contributed by atoms with Crippen LogP contribution in [0.4, 0.5) is 0 Å². The first kappa shape index (κ1) is 19.6. The Morgan fingerprint density at radius 1 is 1.32 bits per heavy atom. The average Bonchev–Trinajstić information content (AvgIpc) is 2.65. The van der Waals surface area contributed by atoms with Gasteiger partial charge in [-0.15, -0.1) is 0 Å². The largest absolute Gasteiger partial charge is 0.493 e. The molecule has 25 heavy (non-hydrogen) atoms. The maximum Gasteiger partial charge on any atom is 0.193 e. The fraction of sp³-hybridized carbons (Fsp3) is 0.650. The second-order valence-corrected chi connectivity index (χ2v) is 6.71. The minimum Gasteiger partial charge on any atom is -0.493 e. The van der Waals surface area contributed by atoms with Gasteiger partial charge in [-0.2, -0.15) is 0 Å². The van der Waals surface area contributed by atoms with E-state index in [0.717, 1.165) is 50.4 Å². The van der Waals surface area contributed by atoms with Crippen molar-refractivity contribution in [2.45, 2.75) is 32.6 Å². The summed E-state index contributed by atoms with van der Waals surface area (Å²) in [6.07, 6.45) is 4.53. The molecule has 0 saturated carbocycles. The van der Waals surface area contributed by atoms with E-state index in [1.165, 1.54) is 24.8 Å². The van der Waals surface area contributed by atoms with Crippen LogP contribution in [-0.2, 0) is 4.74 Å². The fourth-order valence-corrected chi connectivity index (χ4v) is 3.07. The number of ether oxygens (including phenoxy) is 2. The van der Waals surface area contributed by atoms with Crippen LogP contribution >= 0.6 is 0 Å². The molecule has 1 N–H and O–H groups in total. The molecule has 2 rings (SSSR count). The van der Waals surface area contributed by atoms with Gasteiger partial charge in [-0.3, -0.25) is 4.99 Å². The zero-order valence-electron chi connectivity index (χ0n) is 16.0. The molecule has 0 radical (unpaired) electrons. The molecule has 0 aliphatic carbocycles. The molecule has 5 nitrogen and oxygen atoms in total. The first-order chi connectivity index (χ1) is 12.2. The van der Waals surface area contributed by atoms with Crippen LogP contribution in [0.1, 0.15) is 31.2 Å². The van der Waals surface area contributed by atoms with Crippen molar-refractivity contribution in [3.05, 3.63) is 29.8 Å². The van der Waals surface area contributed by atoms with Crippen molar-refractivity contribution in [1.29, 1.82) is 0 Å². The number of hydrogen-bond donors (Lipinski definition) is 1. The highest BCUT2D eigenvalue weighted by Gasteiger charge is 2.15. The lowest BCUT2D eigenvalue weighted by Crippen LogP contribution is -2.40. The van der Waals surface area contributed by atoms with Gasteiger partial charge in [0, 0.05) is 40.4 Å². The smallest absolute Gasteiger partial charge is 0.193 e. The quantitative estimate of drug-likeness (QED) is 0.446. The number of nitrogens with one attached hydrogen (secondary N) is 1. The van der Waals surface area contributed by atoms with Crippen LogP contribution in [0, 0.1) is 12.8 Å². The molecular formula is C20H33N3O2. The third-order valence-corrected chi connectivity index (χ3v) is 4.74. The number of benzene rings is 1. The molecule has 140 valence electrons. The topological polar surface area (TPSA) is 46.1 Å². The molecule has 0 aromatic heterocycles. The van der Waals surface area contributed by atoms with Crippen LogP contribution in [0.15, 0.2) is 29.3 Å². The number of rotatable bonds is 8. The van der Waals surface area contributed by atoms with Gasteiger partial charge in [0.25, 0.3) is 0 Å². The molecule has 1 heterocycles. The van der Waals surface area contributed by atoms with Crippen LogP contribution in [0.25, 0.3) is 0 Å². The minimum absolute atomic E-state index is 0.709. The average molecular weight is 348 g/mol. The van der Waals surface area contributed by atoms with Crippen molar-refractivity contribution in [3.8, 4) is 5.75 Å². The lowest BCUT2D eigenvalue weighted by molar-refractivity contribution is 0.0625. The van der Waals surface area contributed by atoms with E-state index >= 15 is 0 Å². The van der Waals surface area contributed by atoms with Gasteiger partial charge in [0.2, 0.25) is 0 Å². The van der Waals surface area contributed by atoms with Crippen LogP contribution in [0.2, 0.25) is 0 Å². The molecule has 0 unspecified atom stereocenters. The normalized spacial score (nSPS) is 15.9. The number of guanidine groups is 1. The van der Waals surface area contributed by atoms with Gasteiger partial charge in [-0.05, 0) is 50.2 Å². The van der Waals surface area contributed by atoms with Crippen LogP contribution < -0.4 is 10.1 Å². The van der Waals surface area contributed by atoms with E-state index in [0.29, 0.717) is 6.61 Å². The molecule has 0 atom stereocenters. The van der Waals surface area contributed by atoms with Crippen LogP contribution in [-0.4, -0.2) is 57.9 Å². The Balaban J connectivity index is 1.61. The second-order valence-electron chi connectivity index (χ2n) is 6.71. The summed E-state index contributed by atoms with van der Waals surface area (Å²) < 4.78 is 11.3. The molecule has 1 aliphatic rings. The highest BCUT2D eigenvalue weighted by Crippen LogP contribution is 2.18. The van der Waals surface area contributed by atoms with E-state index in [4.69, 9.17) is 9.47 Å². The Morgan fingerprint density at radius 2 is 2.08 bits per heavy atom. The van der Waals surface area contributed by atoms with E-state index in [1.54, 1.807) is 0 Å². The Hall–Kier alpha value is -1.75. The third-order valence-electron chi connectivity index (χ3n) is 4.74. The minimum atomic E-state index is 0.709. The van der Waals surface area contributed by atoms with Crippen molar-refractivity contribution in [1.82, 2.24) is 10.2 Å². The van der Waals surface area contributed by atoms with E-state index in [1.807, 2.05) is 25.2 Å². The van der Waals surface area contributed by atoms with Crippen molar-refractivity contribution in [3.63, 3.8) is 0 Å². The number of para-hydroxylation sites is 1. The molecule has 0 spiro atoms. The monoisotopic (exact) mass is 347 g/mol. The van der Waals surface area contributed by atoms with E-state index in [9.17, 15) is 0 Å². The molecule has 1 aromatic carbocycles. The summed E-state index contributed by atoms with van der Waals surface area (Å²) in [4.78, 5) is 6.61. The third kappa shape index (κ3) is 6.94. The van der Waals surface area contributed by atoms with E-state index in [-0.39, 0.29) is 0 Å². The first-order valence-corrected chi connectivity index (χ1v) is 9.38. The maximum absolute atomic E-state index is 5.83. The molecule has 0 bridgehead atoms. The molecular weight excluding hydrogens is 314 g/mol. The summed E-state index contributed by atoms with van der Waals surface area (Å²) >= 11 is 0. The molecule has 1 fully saturated rings. The maximum atomic E-state index is 5.83. The molecule has 5 heteroatoms. The van der Waals surface area contributed by atoms with Crippen LogP contribution in [0.5, 0.6) is 5.75 Å². The van der Waals surface area contributed by atoms with Crippen LogP contribution in [0.3, 0.4) is 0 Å². The lowest BCUT2D eigenvalue weighted by atomic mass is 9.96. The summed E-state index contributed by atoms with van der Waals surface area (Å²) in [7, 11) is 3.95. The van der Waals surface area contributed by atoms with Gasteiger partial charge in [-0.1, -0.05) is 18.2 Å². The summed E-state index contributed by atoms with van der Waals surface area (Å²) in [5.41, 5.74) is 1.18. The molecule has 1 aromatic rings.